The van der Waals surface area contributed by atoms with E-state index in [0.29, 0.717) is 25.7 Å². The molecule has 1 amide bonds. The first-order chi connectivity index (χ1) is 11.7. The Labute approximate surface area is 141 Å². The lowest BCUT2D eigenvalue weighted by Crippen LogP contribution is -2.39. The fraction of sp³-hybridized carbons (Fsp3) is 0.529. The number of likely N-dealkylation sites (tertiary alicyclic amines) is 1. The molecule has 7 heteroatoms. The highest BCUT2D eigenvalue weighted by atomic mass is 16.6. The van der Waals surface area contributed by atoms with Gasteiger partial charge >= 0.3 is 6.09 Å². The van der Waals surface area contributed by atoms with Gasteiger partial charge in [-0.25, -0.2) is 19.7 Å². The van der Waals surface area contributed by atoms with Crippen LogP contribution in [0.25, 0.3) is 11.5 Å². The topological polar surface area (TPSA) is 73.1 Å². The molecule has 7 nitrogen and oxygen atoms in total. The number of nitrogens with zero attached hydrogens (tertiary/aromatic N) is 5. The van der Waals surface area contributed by atoms with Crippen LogP contribution in [0.4, 0.5) is 4.79 Å². The quantitative estimate of drug-likeness (QED) is 0.862. The van der Waals surface area contributed by atoms with Crippen LogP contribution in [0.1, 0.15) is 38.6 Å². The fourth-order valence-corrected chi connectivity index (χ4v) is 3.04. The molecule has 128 valence electrons. The molecule has 0 N–H and O–H groups in total. The van der Waals surface area contributed by atoms with Crippen molar-refractivity contribution in [1.29, 1.82) is 0 Å². The van der Waals surface area contributed by atoms with Gasteiger partial charge in [-0.3, -0.25) is 0 Å². The smallest absolute Gasteiger partial charge is 0.409 e. The summed E-state index contributed by atoms with van der Waals surface area (Å²) < 4.78 is 7.25. The number of amides is 1. The highest BCUT2D eigenvalue weighted by Crippen LogP contribution is 2.27. The zero-order chi connectivity index (χ0) is 16.9. The van der Waals surface area contributed by atoms with Gasteiger partial charge in [0, 0.05) is 44.1 Å². The summed E-state index contributed by atoms with van der Waals surface area (Å²) in [6, 6.07) is 2.21. The normalized spacial score (nSPS) is 15.5. The molecule has 0 saturated carbocycles. The predicted octanol–water partition coefficient (Wildman–Crippen LogP) is 2.70. The summed E-state index contributed by atoms with van der Waals surface area (Å²) in [7, 11) is 0. The molecule has 0 aromatic carbocycles. The number of carbonyl (C=O) groups is 1. The van der Waals surface area contributed by atoms with Crippen molar-refractivity contribution in [3.05, 3.63) is 30.5 Å². The molecular formula is C17H23N5O2. The number of carbonyl (C=O) groups excluding carboxylic acids is 1. The monoisotopic (exact) mass is 329 g/mol. The van der Waals surface area contributed by atoms with Crippen LogP contribution < -0.4 is 0 Å². The molecule has 0 radical (unpaired) electrons. The standard InChI is InChI=1S/C17H23N5O2/c1-3-15-18-8-5-14(20-15)16-19-9-12-22(16)13-6-10-21(11-7-13)17(23)24-4-2/h5,8-9,12-13H,3-4,6-7,10-11H2,1-2H3. The summed E-state index contributed by atoms with van der Waals surface area (Å²) in [5, 5.41) is 0. The van der Waals surface area contributed by atoms with Crippen molar-refractivity contribution in [2.24, 2.45) is 0 Å². The van der Waals surface area contributed by atoms with Crippen molar-refractivity contribution < 1.29 is 9.53 Å². The molecule has 2 aromatic heterocycles. The van der Waals surface area contributed by atoms with Gasteiger partial charge in [-0.05, 0) is 25.8 Å². The van der Waals surface area contributed by atoms with Crippen molar-refractivity contribution >= 4 is 6.09 Å². The highest BCUT2D eigenvalue weighted by molar-refractivity contribution is 5.67. The first-order valence-electron chi connectivity index (χ1n) is 8.49. The molecule has 0 aliphatic carbocycles. The number of hydrogen-bond acceptors (Lipinski definition) is 5. The third-order valence-corrected chi connectivity index (χ3v) is 4.30. The molecule has 2 aromatic rings. The molecule has 1 saturated heterocycles. The Balaban J connectivity index is 1.73. The molecule has 0 bridgehead atoms. The minimum absolute atomic E-state index is 0.217. The minimum Gasteiger partial charge on any atom is -0.450 e. The van der Waals surface area contributed by atoms with E-state index in [0.717, 1.165) is 36.6 Å². The van der Waals surface area contributed by atoms with Crippen LogP contribution in [0.2, 0.25) is 0 Å². The van der Waals surface area contributed by atoms with E-state index in [-0.39, 0.29) is 6.09 Å². The number of rotatable bonds is 4. The number of imidazole rings is 1. The molecule has 1 fully saturated rings. The van der Waals surface area contributed by atoms with Gasteiger partial charge in [-0.1, -0.05) is 6.92 Å². The van der Waals surface area contributed by atoms with Crippen molar-refractivity contribution in [3.63, 3.8) is 0 Å². The molecule has 0 atom stereocenters. The molecule has 24 heavy (non-hydrogen) atoms. The van der Waals surface area contributed by atoms with Crippen LogP contribution in [-0.2, 0) is 11.2 Å². The maximum absolute atomic E-state index is 11.8. The SMILES string of the molecule is CCOC(=O)N1CCC(n2ccnc2-c2ccnc(CC)n2)CC1. The van der Waals surface area contributed by atoms with Crippen molar-refractivity contribution in [2.75, 3.05) is 19.7 Å². The second kappa shape index (κ2) is 7.42. The zero-order valence-electron chi connectivity index (χ0n) is 14.2. The van der Waals surface area contributed by atoms with Crippen LogP contribution in [0.3, 0.4) is 0 Å². The van der Waals surface area contributed by atoms with E-state index in [1.54, 1.807) is 17.3 Å². The average Bonchev–Trinajstić information content (AvgIpc) is 3.12. The second-order valence-electron chi connectivity index (χ2n) is 5.79. The van der Waals surface area contributed by atoms with Gasteiger partial charge in [0.1, 0.15) is 11.5 Å². The Morgan fingerprint density at radius 1 is 1.25 bits per heavy atom. The van der Waals surface area contributed by atoms with Gasteiger partial charge in [-0.2, -0.15) is 0 Å². The number of aryl methyl sites for hydroxylation is 1. The number of piperidine rings is 1. The lowest BCUT2D eigenvalue weighted by Gasteiger charge is -2.32. The highest BCUT2D eigenvalue weighted by Gasteiger charge is 2.26. The van der Waals surface area contributed by atoms with E-state index in [1.807, 2.05) is 26.1 Å². The van der Waals surface area contributed by atoms with E-state index in [9.17, 15) is 4.79 Å². The molecule has 1 aliphatic rings. The minimum atomic E-state index is -0.217. The first-order valence-corrected chi connectivity index (χ1v) is 8.49. The Morgan fingerprint density at radius 2 is 2.04 bits per heavy atom. The van der Waals surface area contributed by atoms with Crippen LogP contribution in [0.5, 0.6) is 0 Å². The Kier molecular flexibility index (Phi) is 5.08. The Bertz CT molecular complexity index is 692. The van der Waals surface area contributed by atoms with Gasteiger partial charge in [0.15, 0.2) is 5.82 Å². The molecular weight excluding hydrogens is 306 g/mol. The number of ether oxygens (including phenoxy) is 1. The van der Waals surface area contributed by atoms with Crippen LogP contribution in [-0.4, -0.2) is 50.2 Å². The van der Waals surface area contributed by atoms with E-state index >= 15 is 0 Å². The van der Waals surface area contributed by atoms with Gasteiger partial charge < -0.3 is 14.2 Å². The van der Waals surface area contributed by atoms with Gasteiger partial charge in [0.25, 0.3) is 0 Å². The van der Waals surface area contributed by atoms with Crippen LogP contribution >= 0.6 is 0 Å². The Hall–Kier alpha value is -2.44. The van der Waals surface area contributed by atoms with E-state index in [2.05, 4.69) is 19.5 Å². The van der Waals surface area contributed by atoms with Crippen molar-refractivity contribution in [2.45, 2.75) is 39.2 Å². The van der Waals surface area contributed by atoms with Gasteiger partial charge in [0.2, 0.25) is 0 Å². The maximum atomic E-state index is 11.8. The molecule has 3 heterocycles. The summed E-state index contributed by atoms with van der Waals surface area (Å²) >= 11 is 0. The lowest BCUT2D eigenvalue weighted by atomic mass is 10.0. The number of aromatic nitrogens is 4. The zero-order valence-corrected chi connectivity index (χ0v) is 14.2. The Morgan fingerprint density at radius 3 is 2.75 bits per heavy atom. The molecule has 1 aliphatic heterocycles. The fourth-order valence-electron chi connectivity index (χ4n) is 3.04. The lowest BCUT2D eigenvalue weighted by molar-refractivity contribution is 0.0928. The summed E-state index contributed by atoms with van der Waals surface area (Å²) in [6.45, 7) is 5.68. The van der Waals surface area contributed by atoms with E-state index in [4.69, 9.17) is 4.74 Å². The van der Waals surface area contributed by atoms with Gasteiger partial charge in [0.05, 0.1) is 6.61 Å². The summed E-state index contributed by atoms with van der Waals surface area (Å²) in [4.78, 5) is 26.9. The van der Waals surface area contributed by atoms with Crippen molar-refractivity contribution in [1.82, 2.24) is 24.4 Å². The van der Waals surface area contributed by atoms with E-state index < -0.39 is 0 Å². The first kappa shape index (κ1) is 16.4. The second-order valence-corrected chi connectivity index (χ2v) is 5.79. The predicted molar refractivity (Wildman–Crippen MR) is 89.5 cm³/mol. The molecule has 3 rings (SSSR count). The summed E-state index contributed by atoms with van der Waals surface area (Å²) in [5.41, 5.74) is 0.847. The van der Waals surface area contributed by atoms with Gasteiger partial charge in [-0.15, -0.1) is 0 Å². The number of hydrogen-bond donors (Lipinski definition) is 0. The third kappa shape index (κ3) is 3.39. The third-order valence-electron chi connectivity index (χ3n) is 4.30. The largest absolute Gasteiger partial charge is 0.450 e. The van der Waals surface area contributed by atoms with Crippen molar-refractivity contribution in [3.8, 4) is 11.5 Å². The summed E-state index contributed by atoms with van der Waals surface area (Å²) in [6.07, 6.45) is 7.93. The van der Waals surface area contributed by atoms with Crippen LogP contribution in [0, 0.1) is 0 Å². The maximum Gasteiger partial charge on any atom is 0.409 e. The summed E-state index contributed by atoms with van der Waals surface area (Å²) in [5.74, 6) is 1.68. The van der Waals surface area contributed by atoms with E-state index in [1.165, 1.54) is 0 Å². The average molecular weight is 329 g/mol. The van der Waals surface area contributed by atoms with Crippen LogP contribution in [0.15, 0.2) is 24.7 Å². The molecule has 0 unspecified atom stereocenters. The molecule has 0 spiro atoms.